The number of hydrogen-bond acceptors (Lipinski definition) is 2. The Morgan fingerprint density at radius 3 is 2.19 bits per heavy atom. The van der Waals surface area contributed by atoms with Crippen molar-refractivity contribution in [3.63, 3.8) is 0 Å². The first-order valence-corrected chi connectivity index (χ1v) is 16.8. The zero-order valence-corrected chi connectivity index (χ0v) is 26.5. The minimum atomic E-state index is -0.119. The third-order valence-electron chi connectivity index (χ3n) is 13.1. The summed E-state index contributed by atoms with van der Waals surface area (Å²) in [4.78, 5) is 28.1. The Kier molecular flexibility index (Phi) is 8.04. The zero-order chi connectivity index (χ0) is 29.6. The predicted octanol–water partition coefficient (Wildman–Crippen LogP) is 8.03. The Balaban J connectivity index is 1.12. The van der Waals surface area contributed by atoms with Crippen molar-refractivity contribution < 1.29 is 9.59 Å². The molecule has 9 atom stereocenters. The van der Waals surface area contributed by atoms with Gasteiger partial charge < -0.3 is 10.2 Å². The number of rotatable bonds is 7. The second-order valence-electron chi connectivity index (χ2n) is 15.1. The highest BCUT2D eigenvalue weighted by Crippen LogP contribution is 2.68. The van der Waals surface area contributed by atoms with E-state index in [1.807, 2.05) is 36.4 Å². The molecule has 0 aromatic heterocycles. The number of carbonyl (C=O) groups excluding carboxylic acids is 2. The van der Waals surface area contributed by atoms with Gasteiger partial charge in [0.25, 0.3) is 0 Å². The molecule has 1 aliphatic heterocycles. The number of benzene rings is 2. The Hall–Kier alpha value is -2.62. The zero-order valence-electron chi connectivity index (χ0n) is 26.5. The number of amides is 2. The number of carbonyl (C=O) groups is 2. The largest absolute Gasteiger partial charge is 0.345 e. The summed E-state index contributed by atoms with van der Waals surface area (Å²) < 4.78 is 0. The van der Waals surface area contributed by atoms with Crippen LogP contribution in [-0.4, -0.2) is 29.8 Å². The lowest BCUT2D eigenvalue weighted by Gasteiger charge is -2.64. The quantitative estimate of drug-likeness (QED) is 0.368. The fourth-order valence-corrected chi connectivity index (χ4v) is 10.9. The van der Waals surface area contributed by atoms with Crippen LogP contribution >= 0.6 is 0 Å². The van der Waals surface area contributed by atoms with Crippen molar-refractivity contribution in [3.05, 3.63) is 71.8 Å². The fourth-order valence-electron chi connectivity index (χ4n) is 10.9. The molecule has 0 radical (unpaired) electrons. The van der Waals surface area contributed by atoms with E-state index < -0.39 is 0 Å². The van der Waals surface area contributed by atoms with Crippen LogP contribution in [0.25, 0.3) is 0 Å². The standard InChI is InChI=1S/C38H52N2O2/c1-25(16-19-33(41)39-36(27-12-8-6-9-13-27)28-14-10-7-11-15-28)29-17-18-30-35-26(2)24-32-38(4,23-21-34(42)40(32)5)31(35)20-22-37(29,30)3/h6-15,25-26,29-32,35-36H,16-24H2,1-5H3,(H,39,41)/t25-,26?,29-,30+,31+,32-,35+,37-,38-/m1/s1. The highest BCUT2D eigenvalue weighted by Gasteiger charge is 2.63. The van der Waals surface area contributed by atoms with Gasteiger partial charge in [-0.05, 0) is 102 Å². The van der Waals surface area contributed by atoms with Gasteiger partial charge >= 0.3 is 0 Å². The van der Waals surface area contributed by atoms with Crippen molar-refractivity contribution in [2.45, 2.75) is 97.6 Å². The topological polar surface area (TPSA) is 49.4 Å². The second-order valence-corrected chi connectivity index (χ2v) is 15.1. The van der Waals surface area contributed by atoms with Crippen LogP contribution in [0.15, 0.2) is 60.7 Å². The maximum Gasteiger partial charge on any atom is 0.222 e. The molecule has 1 unspecified atom stereocenters. The lowest BCUT2D eigenvalue weighted by molar-refractivity contribution is -0.167. The molecule has 2 aromatic carbocycles. The summed E-state index contributed by atoms with van der Waals surface area (Å²) >= 11 is 0. The SMILES string of the molecule is CC1C[C@H]2N(C)C(=O)CC[C@]2(C)[C@H]2CC[C@]3(C)[C@@H]([C@H](C)CCC(=O)NC(c4ccccc4)c4ccccc4)CC[C@H]3[C@H]12. The third kappa shape index (κ3) is 5.01. The summed E-state index contributed by atoms with van der Waals surface area (Å²) in [6.07, 6.45) is 9.73. The Morgan fingerprint density at radius 1 is 0.929 bits per heavy atom. The highest BCUT2D eigenvalue weighted by molar-refractivity contribution is 5.77. The number of likely N-dealkylation sites (tertiary alicyclic amines) is 1. The van der Waals surface area contributed by atoms with Gasteiger partial charge in [0.05, 0.1) is 6.04 Å². The number of piperidine rings is 1. The molecular formula is C38H52N2O2. The minimum Gasteiger partial charge on any atom is -0.345 e. The molecule has 1 saturated heterocycles. The molecule has 226 valence electrons. The number of nitrogens with zero attached hydrogens (tertiary/aromatic N) is 1. The molecule has 1 heterocycles. The lowest BCUT2D eigenvalue weighted by Crippen LogP contribution is -2.63. The van der Waals surface area contributed by atoms with E-state index in [0.717, 1.165) is 54.6 Å². The monoisotopic (exact) mass is 568 g/mol. The van der Waals surface area contributed by atoms with E-state index in [1.165, 1.54) is 25.7 Å². The van der Waals surface area contributed by atoms with E-state index in [2.05, 4.69) is 69.2 Å². The summed E-state index contributed by atoms with van der Waals surface area (Å²) in [7, 11) is 2.07. The minimum absolute atomic E-state index is 0.119. The third-order valence-corrected chi connectivity index (χ3v) is 13.1. The Bertz CT molecular complexity index is 1220. The first kappa shape index (κ1) is 29.5. The number of nitrogens with one attached hydrogen (secondary N) is 1. The molecule has 6 rings (SSSR count). The summed E-state index contributed by atoms with van der Waals surface area (Å²) in [5.74, 6) is 4.66. The predicted molar refractivity (Wildman–Crippen MR) is 169 cm³/mol. The summed E-state index contributed by atoms with van der Waals surface area (Å²) in [6, 6.07) is 21.0. The maximum atomic E-state index is 13.4. The van der Waals surface area contributed by atoms with Gasteiger partial charge in [-0.15, -0.1) is 0 Å². The molecule has 0 spiro atoms. The molecule has 4 heteroatoms. The van der Waals surface area contributed by atoms with Crippen LogP contribution in [-0.2, 0) is 9.59 Å². The molecule has 42 heavy (non-hydrogen) atoms. The summed E-state index contributed by atoms with van der Waals surface area (Å²) in [6.45, 7) is 10.1. The average molecular weight is 569 g/mol. The van der Waals surface area contributed by atoms with Crippen molar-refractivity contribution in [3.8, 4) is 0 Å². The van der Waals surface area contributed by atoms with Crippen molar-refractivity contribution in [2.24, 2.45) is 46.3 Å². The van der Waals surface area contributed by atoms with Gasteiger partial charge in [-0.25, -0.2) is 0 Å². The molecule has 2 aromatic rings. The number of hydrogen-bond donors (Lipinski definition) is 1. The molecule has 3 saturated carbocycles. The molecule has 2 amide bonds. The lowest BCUT2D eigenvalue weighted by atomic mass is 9.44. The van der Waals surface area contributed by atoms with Crippen LogP contribution in [0.2, 0.25) is 0 Å². The van der Waals surface area contributed by atoms with Crippen LogP contribution in [0.4, 0.5) is 0 Å². The van der Waals surface area contributed by atoms with E-state index in [4.69, 9.17) is 0 Å². The normalized spacial score (nSPS) is 36.6. The molecular weight excluding hydrogens is 516 g/mol. The van der Waals surface area contributed by atoms with Gasteiger partial charge in [0.2, 0.25) is 11.8 Å². The van der Waals surface area contributed by atoms with Gasteiger partial charge in [0, 0.05) is 25.9 Å². The van der Waals surface area contributed by atoms with Crippen molar-refractivity contribution in [1.29, 1.82) is 0 Å². The van der Waals surface area contributed by atoms with Crippen LogP contribution in [0.3, 0.4) is 0 Å². The molecule has 4 nitrogen and oxygen atoms in total. The fraction of sp³-hybridized carbons (Fsp3) is 0.632. The summed E-state index contributed by atoms with van der Waals surface area (Å²) in [5, 5.41) is 3.37. The molecule has 4 fully saturated rings. The van der Waals surface area contributed by atoms with E-state index in [9.17, 15) is 9.59 Å². The molecule has 4 aliphatic rings. The highest BCUT2D eigenvalue weighted by atomic mass is 16.2. The molecule has 3 aliphatic carbocycles. The van der Waals surface area contributed by atoms with Crippen LogP contribution in [0.5, 0.6) is 0 Å². The van der Waals surface area contributed by atoms with E-state index in [0.29, 0.717) is 41.5 Å². The first-order chi connectivity index (χ1) is 20.1. The van der Waals surface area contributed by atoms with Crippen LogP contribution in [0.1, 0.15) is 103 Å². The van der Waals surface area contributed by atoms with Gasteiger partial charge in [-0.1, -0.05) is 88.4 Å². The van der Waals surface area contributed by atoms with Crippen molar-refractivity contribution in [1.82, 2.24) is 10.2 Å². The van der Waals surface area contributed by atoms with E-state index >= 15 is 0 Å². The second kappa shape index (κ2) is 11.5. The van der Waals surface area contributed by atoms with Gasteiger partial charge in [-0.3, -0.25) is 9.59 Å². The number of fused-ring (bicyclic) bond motifs is 5. The first-order valence-electron chi connectivity index (χ1n) is 16.8. The maximum absolute atomic E-state index is 13.4. The van der Waals surface area contributed by atoms with Crippen molar-refractivity contribution in [2.75, 3.05) is 7.05 Å². The van der Waals surface area contributed by atoms with Gasteiger partial charge in [0.15, 0.2) is 0 Å². The van der Waals surface area contributed by atoms with Gasteiger partial charge in [0.1, 0.15) is 0 Å². The van der Waals surface area contributed by atoms with E-state index in [-0.39, 0.29) is 17.4 Å². The van der Waals surface area contributed by atoms with E-state index in [1.54, 1.807) is 0 Å². The Labute approximate surface area is 254 Å². The summed E-state index contributed by atoms with van der Waals surface area (Å²) in [5.41, 5.74) is 2.87. The van der Waals surface area contributed by atoms with Gasteiger partial charge in [-0.2, -0.15) is 0 Å². The average Bonchev–Trinajstić information content (AvgIpc) is 3.36. The van der Waals surface area contributed by atoms with Crippen molar-refractivity contribution >= 4 is 11.8 Å². The van der Waals surface area contributed by atoms with Crippen LogP contribution in [0, 0.1) is 46.3 Å². The molecule has 0 bridgehead atoms. The molecule has 1 N–H and O–H groups in total. The smallest absolute Gasteiger partial charge is 0.222 e. The van der Waals surface area contributed by atoms with Crippen LogP contribution < -0.4 is 5.32 Å². The Morgan fingerprint density at radius 2 is 1.55 bits per heavy atom.